The van der Waals surface area contributed by atoms with E-state index in [0.717, 1.165) is 5.75 Å². The predicted molar refractivity (Wildman–Crippen MR) is 87.3 cm³/mol. The molecule has 4 N–H and O–H groups in total. The second-order valence-corrected chi connectivity index (χ2v) is 8.41. The van der Waals surface area contributed by atoms with Gasteiger partial charge < -0.3 is 16.4 Å². The minimum atomic E-state index is -3.20. The van der Waals surface area contributed by atoms with Crippen molar-refractivity contribution < 1.29 is 13.2 Å². The highest BCUT2D eigenvalue weighted by Crippen LogP contribution is 2.29. The van der Waals surface area contributed by atoms with Crippen molar-refractivity contribution in [3.05, 3.63) is 23.8 Å². The number of hydrogen-bond donors (Lipinski definition) is 2. The van der Waals surface area contributed by atoms with Gasteiger partial charge in [0.25, 0.3) is 5.91 Å². The average Bonchev–Trinajstić information content (AvgIpc) is 2.47. The normalized spacial score (nSPS) is 19.5. The van der Waals surface area contributed by atoms with Gasteiger partial charge in [-0.05, 0) is 18.2 Å². The van der Waals surface area contributed by atoms with Crippen molar-refractivity contribution in [1.29, 1.82) is 0 Å². The number of primary amides is 1. The summed E-state index contributed by atoms with van der Waals surface area (Å²) in [5, 5.41) is -0.578. The molecule has 1 saturated heterocycles. The molecule has 21 heavy (non-hydrogen) atoms. The fourth-order valence-electron chi connectivity index (χ4n) is 2.30. The number of anilines is 2. The van der Waals surface area contributed by atoms with Crippen molar-refractivity contribution in [3.8, 4) is 0 Å². The molecule has 0 bridgehead atoms. The monoisotopic (exact) mass is 329 g/mol. The SMILES string of the molecule is CCS(=O)(=O)C1CSCCN1c1ccc(N)c(C(N)=O)c1. The van der Waals surface area contributed by atoms with Gasteiger partial charge in [0.15, 0.2) is 9.84 Å². The number of carbonyl (C=O) groups excluding carboxylic acids is 1. The number of nitrogen functional groups attached to an aromatic ring is 1. The summed E-state index contributed by atoms with van der Waals surface area (Å²) in [7, 11) is -3.20. The lowest BCUT2D eigenvalue weighted by atomic mass is 10.1. The number of carbonyl (C=O) groups is 1. The van der Waals surface area contributed by atoms with Crippen LogP contribution in [0.5, 0.6) is 0 Å². The third-order valence-electron chi connectivity index (χ3n) is 3.54. The summed E-state index contributed by atoms with van der Waals surface area (Å²) in [5.41, 5.74) is 12.2. The fourth-order valence-corrected chi connectivity index (χ4v) is 5.29. The van der Waals surface area contributed by atoms with Crippen LogP contribution in [-0.4, -0.2) is 43.5 Å². The highest BCUT2D eigenvalue weighted by Gasteiger charge is 2.33. The third kappa shape index (κ3) is 3.26. The number of sulfone groups is 1. The first-order valence-electron chi connectivity index (χ1n) is 6.62. The Morgan fingerprint density at radius 2 is 2.19 bits per heavy atom. The molecule has 1 aromatic carbocycles. The first kappa shape index (κ1) is 16.0. The standard InChI is InChI=1S/C13H19N3O3S2/c1-2-21(18,19)12-8-20-6-5-16(12)9-3-4-11(14)10(7-9)13(15)17/h3-4,7,12H,2,5-6,8,14H2,1H3,(H2,15,17). The van der Waals surface area contributed by atoms with E-state index in [0.29, 0.717) is 23.7 Å². The summed E-state index contributed by atoms with van der Waals surface area (Å²) >= 11 is 1.62. The van der Waals surface area contributed by atoms with Crippen molar-refractivity contribution in [2.45, 2.75) is 12.3 Å². The Labute approximate surface area is 128 Å². The van der Waals surface area contributed by atoms with Crippen LogP contribution in [0, 0.1) is 0 Å². The highest BCUT2D eigenvalue weighted by molar-refractivity contribution is 8.01. The fraction of sp³-hybridized carbons (Fsp3) is 0.462. The maximum absolute atomic E-state index is 12.3. The van der Waals surface area contributed by atoms with Crippen LogP contribution in [0.2, 0.25) is 0 Å². The van der Waals surface area contributed by atoms with Crippen LogP contribution in [0.1, 0.15) is 17.3 Å². The molecule has 1 heterocycles. The molecular weight excluding hydrogens is 310 g/mol. The van der Waals surface area contributed by atoms with Crippen molar-refractivity contribution in [2.24, 2.45) is 5.73 Å². The minimum Gasteiger partial charge on any atom is -0.398 e. The molecule has 0 saturated carbocycles. The molecule has 0 aromatic heterocycles. The molecule has 0 radical (unpaired) electrons. The van der Waals surface area contributed by atoms with Gasteiger partial charge in [0.05, 0.1) is 5.56 Å². The molecule has 1 aliphatic rings. The second kappa shape index (κ2) is 6.15. The maximum Gasteiger partial charge on any atom is 0.250 e. The molecule has 1 aromatic rings. The van der Waals surface area contributed by atoms with Gasteiger partial charge in [-0.2, -0.15) is 11.8 Å². The lowest BCUT2D eigenvalue weighted by molar-refractivity contribution is 0.100. The molecule has 6 nitrogen and oxygen atoms in total. The van der Waals surface area contributed by atoms with Gasteiger partial charge in [0, 0.05) is 35.2 Å². The van der Waals surface area contributed by atoms with Gasteiger partial charge in [-0.15, -0.1) is 0 Å². The van der Waals surface area contributed by atoms with Gasteiger partial charge in [-0.25, -0.2) is 8.42 Å². The van der Waals surface area contributed by atoms with Crippen molar-refractivity contribution in [1.82, 2.24) is 0 Å². The molecular formula is C13H19N3O3S2. The zero-order valence-electron chi connectivity index (χ0n) is 11.8. The second-order valence-electron chi connectivity index (χ2n) is 4.81. The molecule has 1 amide bonds. The first-order chi connectivity index (χ1) is 9.86. The van der Waals surface area contributed by atoms with Gasteiger partial charge >= 0.3 is 0 Å². The van der Waals surface area contributed by atoms with E-state index in [1.54, 1.807) is 36.9 Å². The number of amides is 1. The molecule has 116 valence electrons. The Kier molecular flexibility index (Phi) is 4.67. The largest absolute Gasteiger partial charge is 0.398 e. The summed E-state index contributed by atoms with van der Waals surface area (Å²) in [5.74, 6) is 0.834. The van der Waals surface area contributed by atoms with E-state index in [9.17, 15) is 13.2 Å². The first-order valence-corrected chi connectivity index (χ1v) is 9.49. The molecule has 1 aliphatic heterocycles. The predicted octanol–water partition coefficient (Wildman–Crippen LogP) is 0.682. The zero-order chi connectivity index (χ0) is 15.6. The van der Waals surface area contributed by atoms with Crippen LogP contribution < -0.4 is 16.4 Å². The maximum atomic E-state index is 12.3. The molecule has 1 atom stereocenters. The smallest absolute Gasteiger partial charge is 0.250 e. The quantitative estimate of drug-likeness (QED) is 0.787. The van der Waals surface area contributed by atoms with Crippen LogP contribution >= 0.6 is 11.8 Å². The Balaban J connectivity index is 2.43. The van der Waals surface area contributed by atoms with Crippen LogP contribution in [0.25, 0.3) is 0 Å². The van der Waals surface area contributed by atoms with Gasteiger partial charge in [-0.1, -0.05) is 6.92 Å². The lowest BCUT2D eigenvalue weighted by Gasteiger charge is -2.36. The molecule has 0 aliphatic carbocycles. The lowest BCUT2D eigenvalue weighted by Crippen LogP contribution is -2.48. The van der Waals surface area contributed by atoms with Gasteiger partial charge in [0.1, 0.15) is 5.37 Å². The Morgan fingerprint density at radius 3 is 2.81 bits per heavy atom. The number of rotatable bonds is 4. The van der Waals surface area contributed by atoms with E-state index in [1.807, 2.05) is 4.90 Å². The third-order valence-corrected chi connectivity index (χ3v) is 6.82. The topological polar surface area (TPSA) is 106 Å². The molecule has 1 unspecified atom stereocenters. The van der Waals surface area contributed by atoms with Gasteiger partial charge in [0.2, 0.25) is 0 Å². The van der Waals surface area contributed by atoms with Crippen molar-refractivity contribution in [3.63, 3.8) is 0 Å². The molecule has 0 spiro atoms. The Bertz CT molecular complexity index is 646. The Morgan fingerprint density at radius 1 is 1.48 bits per heavy atom. The highest BCUT2D eigenvalue weighted by atomic mass is 32.2. The van der Waals surface area contributed by atoms with E-state index in [1.165, 1.54) is 0 Å². The van der Waals surface area contributed by atoms with E-state index in [-0.39, 0.29) is 11.3 Å². The Hall–Kier alpha value is -1.41. The number of hydrogen-bond acceptors (Lipinski definition) is 6. The number of benzene rings is 1. The van der Waals surface area contributed by atoms with E-state index in [4.69, 9.17) is 11.5 Å². The number of nitrogens with zero attached hydrogens (tertiary/aromatic N) is 1. The number of nitrogens with two attached hydrogens (primary N) is 2. The van der Waals surface area contributed by atoms with E-state index >= 15 is 0 Å². The van der Waals surface area contributed by atoms with E-state index in [2.05, 4.69) is 0 Å². The van der Waals surface area contributed by atoms with Crippen LogP contribution in [0.4, 0.5) is 11.4 Å². The summed E-state index contributed by atoms with van der Waals surface area (Å²) in [6.45, 7) is 2.25. The average molecular weight is 329 g/mol. The zero-order valence-corrected chi connectivity index (χ0v) is 13.4. The minimum absolute atomic E-state index is 0.0897. The van der Waals surface area contributed by atoms with Crippen LogP contribution in [0.3, 0.4) is 0 Å². The number of thioether (sulfide) groups is 1. The summed E-state index contributed by atoms with van der Waals surface area (Å²) in [4.78, 5) is 13.2. The van der Waals surface area contributed by atoms with Crippen LogP contribution in [0.15, 0.2) is 18.2 Å². The summed E-state index contributed by atoms with van der Waals surface area (Å²) in [6, 6.07) is 4.90. The molecule has 1 fully saturated rings. The van der Waals surface area contributed by atoms with Crippen LogP contribution in [-0.2, 0) is 9.84 Å². The summed E-state index contributed by atoms with van der Waals surface area (Å²) < 4.78 is 24.5. The summed E-state index contributed by atoms with van der Waals surface area (Å²) in [6.07, 6.45) is 0. The molecule has 2 rings (SSSR count). The van der Waals surface area contributed by atoms with Crippen molar-refractivity contribution in [2.75, 3.05) is 34.4 Å². The molecule has 8 heteroatoms. The van der Waals surface area contributed by atoms with Gasteiger partial charge in [-0.3, -0.25) is 4.79 Å². The van der Waals surface area contributed by atoms with Crippen molar-refractivity contribution >= 4 is 38.9 Å². The van der Waals surface area contributed by atoms with E-state index < -0.39 is 21.1 Å².